The highest BCUT2D eigenvalue weighted by Crippen LogP contribution is 2.31. The van der Waals surface area contributed by atoms with Crippen LogP contribution in [0.15, 0.2) is 30.7 Å². The Morgan fingerprint density at radius 2 is 2.14 bits per heavy atom. The molecule has 5 rings (SSSR count). The number of carbonyl (C=O) groups excluding carboxylic acids is 1. The second-order valence-corrected chi connectivity index (χ2v) is 9.15. The SMILES string of the molecule is CCc1cc(-n2cnnn2)ncc1CC(=O)N1CCN2C[C@@H](c3ccc(F)c(C#N)c3C)OC[C@H]2C1. The number of carbonyl (C=O) groups is 1. The second kappa shape index (κ2) is 10.1. The van der Waals surface area contributed by atoms with Gasteiger partial charge in [-0.1, -0.05) is 13.0 Å². The maximum absolute atomic E-state index is 13.9. The van der Waals surface area contributed by atoms with Crippen molar-refractivity contribution in [3.8, 4) is 11.9 Å². The maximum atomic E-state index is 13.9. The second-order valence-electron chi connectivity index (χ2n) is 9.15. The third kappa shape index (κ3) is 4.57. The van der Waals surface area contributed by atoms with Crippen LogP contribution in [0.3, 0.4) is 0 Å². The van der Waals surface area contributed by atoms with Gasteiger partial charge < -0.3 is 9.64 Å². The number of aryl methyl sites for hydroxylation is 1. The van der Waals surface area contributed by atoms with Crippen molar-refractivity contribution in [2.45, 2.75) is 38.8 Å². The summed E-state index contributed by atoms with van der Waals surface area (Å²) >= 11 is 0. The predicted octanol–water partition coefficient (Wildman–Crippen LogP) is 1.77. The molecule has 2 saturated heterocycles. The van der Waals surface area contributed by atoms with E-state index in [9.17, 15) is 14.4 Å². The summed E-state index contributed by atoms with van der Waals surface area (Å²) in [6.45, 7) is 6.88. The fourth-order valence-electron chi connectivity index (χ4n) is 5.05. The van der Waals surface area contributed by atoms with Gasteiger partial charge in [0.1, 0.15) is 18.2 Å². The summed E-state index contributed by atoms with van der Waals surface area (Å²) < 4.78 is 21.6. The summed E-state index contributed by atoms with van der Waals surface area (Å²) in [5.41, 5.74) is 3.48. The van der Waals surface area contributed by atoms with Crippen LogP contribution >= 0.6 is 0 Å². The van der Waals surface area contributed by atoms with Crippen molar-refractivity contribution in [1.82, 2.24) is 35.0 Å². The van der Waals surface area contributed by atoms with Gasteiger partial charge in [-0.3, -0.25) is 9.69 Å². The molecule has 2 fully saturated rings. The fraction of sp³-hybridized carbons (Fsp3) is 0.440. The summed E-state index contributed by atoms with van der Waals surface area (Å²) in [5, 5.41) is 20.5. The van der Waals surface area contributed by atoms with E-state index in [4.69, 9.17) is 4.74 Å². The van der Waals surface area contributed by atoms with Gasteiger partial charge in [-0.15, -0.1) is 5.10 Å². The van der Waals surface area contributed by atoms with Crippen molar-refractivity contribution in [2.75, 3.05) is 32.8 Å². The Morgan fingerprint density at radius 1 is 1.28 bits per heavy atom. The van der Waals surface area contributed by atoms with Crippen LogP contribution in [-0.4, -0.2) is 79.7 Å². The third-order valence-electron chi connectivity index (χ3n) is 7.14. The van der Waals surface area contributed by atoms with Crippen molar-refractivity contribution in [3.63, 3.8) is 0 Å². The molecule has 2 aliphatic rings. The lowest BCUT2D eigenvalue weighted by molar-refractivity contribution is -0.139. The molecule has 36 heavy (non-hydrogen) atoms. The minimum absolute atomic E-state index is 0.0662. The molecule has 2 atom stereocenters. The number of benzene rings is 1. The first-order valence-electron chi connectivity index (χ1n) is 12.0. The van der Waals surface area contributed by atoms with Crippen LogP contribution in [0.2, 0.25) is 0 Å². The van der Waals surface area contributed by atoms with Gasteiger partial charge in [-0.2, -0.15) is 9.94 Å². The zero-order chi connectivity index (χ0) is 25.2. The molecule has 1 aromatic carbocycles. The van der Waals surface area contributed by atoms with E-state index in [1.54, 1.807) is 19.2 Å². The molecular formula is C25H27FN8O2. The molecule has 1 amide bonds. The molecular weight excluding hydrogens is 463 g/mol. The van der Waals surface area contributed by atoms with Crippen LogP contribution < -0.4 is 0 Å². The quantitative estimate of drug-likeness (QED) is 0.532. The van der Waals surface area contributed by atoms with E-state index in [-0.39, 0.29) is 30.0 Å². The summed E-state index contributed by atoms with van der Waals surface area (Å²) in [6.07, 6.45) is 4.05. The highest BCUT2D eigenvalue weighted by atomic mass is 19.1. The highest BCUT2D eigenvalue weighted by molar-refractivity contribution is 5.79. The molecule has 2 aromatic heterocycles. The number of halogens is 1. The van der Waals surface area contributed by atoms with Gasteiger partial charge in [0, 0.05) is 32.4 Å². The van der Waals surface area contributed by atoms with E-state index in [0.29, 0.717) is 37.6 Å². The number of fused-ring (bicyclic) bond motifs is 1. The first kappa shape index (κ1) is 24.0. The number of hydrogen-bond donors (Lipinski definition) is 0. The van der Waals surface area contributed by atoms with E-state index in [1.807, 2.05) is 24.0 Å². The number of piperazine rings is 1. The summed E-state index contributed by atoms with van der Waals surface area (Å²) in [4.78, 5) is 21.9. The minimum Gasteiger partial charge on any atom is -0.370 e. The van der Waals surface area contributed by atoms with E-state index < -0.39 is 5.82 Å². The predicted molar refractivity (Wildman–Crippen MR) is 127 cm³/mol. The number of hydrogen-bond acceptors (Lipinski definition) is 8. The molecule has 186 valence electrons. The van der Waals surface area contributed by atoms with Crippen LogP contribution in [0.1, 0.15) is 40.8 Å². The van der Waals surface area contributed by atoms with Crippen molar-refractivity contribution in [2.24, 2.45) is 0 Å². The number of ether oxygens (including phenoxy) is 1. The molecule has 11 heteroatoms. The lowest BCUT2D eigenvalue weighted by atomic mass is 9.96. The number of morpholine rings is 1. The Kier molecular flexibility index (Phi) is 6.71. The molecule has 2 aliphatic heterocycles. The smallest absolute Gasteiger partial charge is 0.227 e. The number of tetrazole rings is 1. The zero-order valence-electron chi connectivity index (χ0n) is 20.3. The molecule has 4 heterocycles. The Hall–Kier alpha value is -3.75. The monoisotopic (exact) mass is 490 g/mol. The molecule has 0 aliphatic carbocycles. The number of rotatable bonds is 5. The molecule has 3 aromatic rings. The van der Waals surface area contributed by atoms with Crippen LogP contribution in [-0.2, 0) is 22.4 Å². The van der Waals surface area contributed by atoms with E-state index in [1.165, 1.54) is 17.1 Å². The van der Waals surface area contributed by atoms with E-state index in [0.717, 1.165) is 29.7 Å². The Bertz CT molecular complexity index is 1310. The largest absolute Gasteiger partial charge is 0.370 e. The number of pyridine rings is 1. The Balaban J connectivity index is 1.23. The average molecular weight is 491 g/mol. The van der Waals surface area contributed by atoms with Crippen LogP contribution in [0.4, 0.5) is 4.39 Å². The van der Waals surface area contributed by atoms with Crippen molar-refractivity contribution < 1.29 is 13.9 Å². The lowest BCUT2D eigenvalue weighted by Crippen LogP contribution is -2.59. The van der Waals surface area contributed by atoms with Gasteiger partial charge in [-0.25, -0.2) is 9.37 Å². The zero-order valence-corrected chi connectivity index (χ0v) is 20.3. The van der Waals surface area contributed by atoms with Crippen LogP contribution in [0.25, 0.3) is 5.82 Å². The van der Waals surface area contributed by atoms with Crippen molar-refractivity contribution >= 4 is 5.91 Å². The van der Waals surface area contributed by atoms with Gasteiger partial charge in [0.25, 0.3) is 0 Å². The first-order chi connectivity index (χ1) is 17.5. The standard InChI is InChI=1S/C25H27FN8O2/c1-3-17-8-24(34-15-29-30-31-34)28-11-18(17)9-25(35)33-7-6-32-13-23(36-14-19(32)12-33)20-4-5-22(26)21(10-27)16(20)2/h4-5,8,11,15,19,23H,3,6-7,9,12-14H2,1-2H3/t19-,23+/m1/s1. The van der Waals surface area contributed by atoms with Gasteiger partial charge in [0.15, 0.2) is 5.82 Å². The molecule has 0 saturated carbocycles. The highest BCUT2D eigenvalue weighted by Gasteiger charge is 2.36. The minimum atomic E-state index is -0.508. The summed E-state index contributed by atoms with van der Waals surface area (Å²) in [7, 11) is 0. The van der Waals surface area contributed by atoms with Crippen LogP contribution in [0.5, 0.6) is 0 Å². The van der Waals surface area contributed by atoms with Gasteiger partial charge in [-0.05, 0) is 58.2 Å². The summed E-state index contributed by atoms with van der Waals surface area (Å²) in [6, 6.07) is 7.01. The Morgan fingerprint density at radius 3 is 2.89 bits per heavy atom. The molecule has 10 nitrogen and oxygen atoms in total. The third-order valence-corrected chi connectivity index (χ3v) is 7.14. The number of aromatic nitrogens is 5. The van der Waals surface area contributed by atoms with E-state index >= 15 is 0 Å². The molecule has 0 radical (unpaired) electrons. The lowest BCUT2D eigenvalue weighted by Gasteiger charge is -2.46. The van der Waals surface area contributed by atoms with E-state index in [2.05, 4.69) is 25.4 Å². The molecule has 0 unspecified atom stereocenters. The number of nitrogens with zero attached hydrogens (tertiary/aromatic N) is 8. The van der Waals surface area contributed by atoms with Gasteiger partial charge >= 0.3 is 0 Å². The normalized spacial score (nSPS) is 20.1. The Labute approximate surface area is 208 Å². The maximum Gasteiger partial charge on any atom is 0.227 e. The number of amides is 1. The summed E-state index contributed by atoms with van der Waals surface area (Å²) in [5.74, 6) is 0.177. The number of nitriles is 1. The van der Waals surface area contributed by atoms with Gasteiger partial charge in [0.2, 0.25) is 5.91 Å². The van der Waals surface area contributed by atoms with Crippen molar-refractivity contribution in [3.05, 3.63) is 64.4 Å². The molecule has 0 spiro atoms. The molecule has 0 bridgehead atoms. The first-order valence-corrected chi connectivity index (χ1v) is 12.0. The van der Waals surface area contributed by atoms with Crippen LogP contribution in [0, 0.1) is 24.1 Å². The molecule has 0 N–H and O–H groups in total. The van der Waals surface area contributed by atoms with Crippen molar-refractivity contribution in [1.29, 1.82) is 5.26 Å². The fourth-order valence-corrected chi connectivity index (χ4v) is 5.05. The van der Waals surface area contributed by atoms with Gasteiger partial charge in [0.05, 0.1) is 30.7 Å². The topological polar surface area (TPSA) is 113 Å². The average Bonchev–Trinajstić information content (AvgIpc) is 3.44.